The highest BCUT2D eigenvalue weighted by Gasteiger charge is 2.50. The van der Waals surface area contributed by atoms with E-state index in [-0.39, 0.29) is 28.5 Å². The van der Waals surface area contributed by atoms with E-state index in [0.29, 0.717) is 38.5 Å². The van der Waals surface area contributed by atoms with Crippen LogP contribution in [-0.4, -0.2) is 68.4 Å². The van der Waals surface area contributed by atoms with Gasteiger partial charge in [-0.3, -0.25) is 9.80 Å². The molecule has 2 aromatic rings. The first-order valence-corrected chi connectivity index (χ1v) is 12.7. The Morgan fingerprint density at radius 3 is 2.36 bits per heavy atom. The molecule has 2 amide bonds. The first kappa shape index (κ1) is 24.9. The van der Waals surface area contributed by atoms with Crippen molar-refractivity contribution in [2.75, 3.05) is 56.7 Å². The van der Waals surface area contributed by atoms with Crippen molar-refractivity contribution in [3.63, 3.8) is 0 Å². The first-order chi connectivity index (χ1) is 17.1. The number of pyridine rings is 1. The number of nitrogens with zero attached hydrogens (tertiary/aromatic N) is 4. The van der Waals surface area contributed by atoms with Crippen LogP contribution in [-0.2, 0) is 16.2 Å². The highest BCUT2D eigenvalue weighted by molar-refractivity contribution is 5.95. The second kappa shape index (κ2) is 9.27. The molecule has 1 N–H and O–H groups in total. The Balaban J connectivity index is 1.38. The lowest BCUT2D eigenvalue weighted by Crippen LogP contribution is -2.54. The third-order valence-electron chi connectivity index (χ3n) is 8.23. The molecular weight excluding hydrogens is 464 g/mol. The lowest BCUT2D eigenvalue weighted by molar-refractivity contribution is 0.0173. The Morgan fingerprint density at radius 2 is 1.75 bits per heavy atom. The van der Waals surface area contributed by atoms with Crippen molar-refractivity contribution < 1.29 is 18.3 Å². The number of carbonyl (C=O) groups excluding carboxylic acids is 1. The molecular formula is C27H35F2N5O2. The van der Waals surface area contributed by atoms with E-state index in [1.807, 2.05) is 11.0 Å². The molecule has 1 spiro atoms. The first-order valence-electron chi connectivity index (χ1n) is 12.7. The summed E-state index contributed by atoms with van der Waals surface area (Å²) in [4.78, 5) is 23.2. The third-order valence-corrected chi connectivity index (χ3v) is 8.23. The summed E-state index contributed by atoms with van der Waals surface area (Å²) in [6.07, 6.45) is 4.95. The van der Waals surface area contributed by atoms with Crippen LogP contribution in [0.25, 0.3) is 0 Å². The third kappa shape index (κ3) is 4.43. The maximum Gasteiger partial charge on any atom is 0.322 e. The quantitative estimate of drug-likeness (QED) is 0.664. The highest BCUT2D eigenvalue weighted by atomic mass is 19.3. The zero-order chi connectivity index (χ0) is 25.6. The normalized spacial score (nSPS) is 27.1. The zero-order valence-corrected chi connectivity index (χ0v) is 21.3. The van der Waals surface area contributed by atoms with Gasteiger partial charge >= 0.3 is 6.03 Å². The molecule has 9 heteroatoms. The molecule has 2 aliphatic heterocycles. The molecule has 3 aliphatic rings. The minimum atomic E-state index is -3.09. The van der Waals surface area contributed by atoms with Gasteiger partial charge in [-0.15, -0.1) is 0 Å². The fraction of sp³-hybridized carbons (Fsp3) is 0.556. The minimum Gasteiger partial charge on any atom is -0.378 e. The lowest BCUT2D eigenvalue weighted by Gasteiger charge is -2.48. The van der Waals surface area contributed by atoms with Crippen molar-refractivity contribution in [3.05, 3.63) is 53.7 Å². The molecule has 3 heterocycles. The second-order valence-electron chi connectivity index (χ2n) is 10.6. The predicted molar refractivity (Wildman–Crippen MR) is 136 cm³/mol. The number of hydrogen-bond acceptors (Lipinski definition) is 5. The molecule has 36 heavy (non-hydrogen) atoms. The molecule has 7 nitrogen and oxygen atoms in total. The van der Waals surface area contributed by atoms with E-state index in [2.05, 4.69) is 53.6 Å². The topological polar surface area (TPSA) is 60.9 Å². The largest absolute Gasteiger partial charge is 0.378 e. The zero-order valence-electron chi connectivity index (χ0n) is 21.3. The molecule has 0 unspecified atom stereocenters. The Hall–Kier alpha value is -2.78. The van der Waals surface area contributed by atoms with E-state index in [1.54, 1.807) is 11.1 Å². The molecule has 1 aliphatic carbocycles. The van der Waals surface area contributed by atoms with Crippen LogP contribution >= 0.6 is 0 Å². The van der Waals surface area contributed by atoms with Gasteiger partial charge in [0.15, 0.2) is 0 Å². The van der Waals surface area contributed by atoms with Crippen LogP contribution in [0, 0.1) is 0 Å². The van der Waals surface area contributed by atoms with Gasteiger partial charge in [0.05, 0.1) is 42.7 Å². The van der Waals surface area contributed by atoms with Crippen LogP contribution in [0.2, 0.25) is 0 Å². The average molecular weight is 500 g/mol. The molecule has 0 radical (unpaired) electrons. The van der Waals surface area contributed by atoms with Gasteiger partial charge in [-0.05, 0) is 51.4 Å². The molecule has 3 fully saturated rings. The second-order valence-corrected chi connectivity index (χ2v) is 10.6. The van der Waals surface area contributed by atoms with E-state index in [1.165, 1.54) is 11.6 Å². The van der Waals surface area contributed by atoms with Crippen molar-refractivity contribution in [3.8, 4) is 0 Å². The molecule has 1 saturated carbocycles. The number of urea groups is 1. The molecule has 1 aromatic carbocycles. The number of alkyl halides is 2. The van der Waals surface area contributed by atoms with Crippen molar-refractivity contribution >= 4 is 17.5 Å². The number of anilines is 2. The summed E-state index contributed by atoms with van der Waals surface area (Å²) in [7, 11) is 4.22. The Kier molecular flexibility index (Phi) is 6.41. The standard InChI is InChI=1S/C27H35F2N5O2/c1-25(28,29)22-17-21(18-30-23(22)33-13-15-36-16-14-33)34-19-26(31-24(34)35)9-11-27(12-10-26,32(2)3)20-7-5-4-6-8-20/h4-8,17-18H,9-16,19H2,1-3H3,(H,31,35). The van der Waals surface area contributed by atoms with Crippen LogP contribution in [0.5, 0.6) is 0 Å². The van der Waals surface area contributed by atoms with Gasteiger partial charge < -0.3 is 15.0 Å². The molecule has 194 valence electrons. The van der Waals surface area contributed by atoms with E-state index in [4.69, 9.17) is 4.74 Å². The number of benzene rings is 1. The summed E-state index contributed by atoms with van der Waals surface area (Å²) in [5, 5.41) is 3.21. The molecule has 1 aromatic heterocycles. The van der Waals surface area contributed by atoms with Gasteiger partial charge in [-0.2, -0.15) is 0 Å². The van der Waals surface area contributed by atoms with E-state index < -0.39 is 5.92 Å². The van der Waals surface area contributed by atoms with E-state index >= 15 is 0 Å². The number of rotatable bonds is 5. The fourth-order valence-electron chi connectivity index (χ4n) is 6.03. The smallest absolute Gasteiger partial charge is 0.322 e. The minimum absolute atomic E-state index is 0.0938. The van der Waals surface area contributed by atoms with Crippen molar-refractivity contribution in [1.82, 2.24) is 15.2 Å². The molecule has 5 rings (SSSR count). The maximum atomic E-state index is 14.7. The summed E-state index contributed by atoms with van der Waals surface area (Å²) >= 11 is 0. The molecule has 0 bridgehead atoms. The molecule has 2 saturated heterocycles. The van der Waals surface area contributed by atoms with Crippen LogP contribution in [0.15, 0.2) is 42.6 Å². The number of hydrogen-bond donors (Lipinski definition) is 1. The number of halogens is 2. The van der Waals surface area contributed by atoms with Crippen molar-refractivity contribution in [2.24, 2.45) is 0 Å². The summed E-state index contributed by atoms with van der Waals surface area (Å²) in [5.41, 5.74) is 1.05. The van der Waals surface area contributed by atoms with Gasteiger partial charge in [-0.1, -0.05) is 30.3 Å². The summed E-state index contributed by atoms with van der Waals surface area (Å²) < 4.78 is 34.7. The van der Waals surface area contributed by atoms with Crippen LogP contribution in [0.1, 0.15) is 43.7 Å². The van der Waals surface area contributed by atoms with Gasteiger partial charge in [0.1, 0.15) is 5.82 Å². The Morgan fingerprint density at radius 1 is 1.08 bits per heavy atom. The van der Waals surface area contributed by atoms with Crippen molar-refractivity contribution in [1.29, 1.82) is 0 Å². The van der Waals surface area contributed by atoms with Gasteiger partial charge in [0.25, 0.3) is 5.92 Å². The number of morpholine rings is 1. The number of aromatic nitrogens is 1. The number of carbonyl (C=O) groups is 1. The van der Waals surface area contributed by atoms with E-state index in [9.17, 15) is 13.6 Å². The Bertz CT molecular complexity index is 1090. The molecule has 0 atom stereocenters. The van der Waals surface area contributed by atoms with Gasteiger partial charge in [0, 0.05) is 25.6 Å². The Labute approximate surface area is 211 Å². The SMILES string of the molecule is CN(C)C1(c2ccccc2)CCC2(CC1)CN(c1cnc(N3CCOCC3)c(C(C)(F)F)c1)C(=O)N2. The van der Waals surface area contributed by atoms with Gasteiger partial charge in [0.2, 0.25) is 0 Å². The predicted octanol–water partition coefficient (Wildman–Crippen LogP) is 4.33. The summed E-state index contributed by atoms with van der Waals surface area (Å²) in [6, 6.07) is 11.7. The van der Waals surface area contributed by atoms with Crippen LogP contribution < -0.4 is 15.1 Å². The van der Waals surface area contributed by atoms with Crippen molar-refractivity contribution in [2.45, 2.75) is 49.6 Å². The monoisotopic (exact) mass is 499 g/mol. The number of amides is 2. The average Bonchev–Trinajstić information content (AvgIpc) is 3.20. The maximum absolute atomic E-state index is 14.7. The highest BCUT2D eigenvalue weighted by Crippen LogP contribution is 2.46. The van der Waals surface area contributed by atoms with E-state index in [0.717, 1.165) is 32.6 Å². The number of ether oxygens (including phenoxy) is 1. The van der Waals surface area contributed by atoms with Crippen LogP contribution in [0.4, 0.5) is 25.1 Å². The number of nitrogens with one attached hydrogen (secondary N) is 1. The van der Waals surface area contributed by atoms with Crippen LogP contribution in [0.3, 0.4) is 0 Å². The summed E-state index contributed by atoms with van der Waals surface area (Å²) in [5.74, 6) is -2.82. The fourth-order valence-corrected chi connectivity index (χ4v) is 6.03. The van der Waals surface area contributed by atoms with Gasteiger partial charge in [-0.25, -0.2) is 18.6 Å². The summed E-state index contributed by atoms with van der Waals surface area (Å²) in [6.45, 7) is 3.31. The lowest BCUT2D eigenvalue weighted by atomic mass is 9.69.